The van der Waals surface area contributed by atoms with Gasteiger partial charge in [-0.3, -0.25) is 5.10 Å². The van der Waals surface area contributed by atoms with E-state index in [0.29, 0.717) is 0 Å². The number of hydrogen-bond acceptors (Lipinski definition) is 2. The zero-order valence-electron chi connectivity index (χ0n) is 7.36. The highest BCUT2D eigenvalue weighted by atomic mass is 15.3. The molecule has 2 aromatic heterocycles. The van der Waals surface area contributed by atoms with Gasteiger partial charge < -0.3 is 4.98 Å². The minimum Gasteiger partial charge on any atom is -0.353 e. The molecule has 0 spiro atoms. The number of benzene rings is 1. The number of H-pyrrole nitrogens is 2. The predicted octanol–water partition coefficient (Wildman–Crippen LogP) is 1.95. The Morgan fingerprint density at radius 1 is 1.14 bits per heavy atom. The number of nitrogens with zero attached hydrogens (tertiary/aromatic N) is 2. The van der Waals surface area contributed by atoms with Crippen molar-refractivity contribution < 1.29 is 0 Å². The highest BCUT2D eigenvalue weighted by Gasteiger charge is 2.03. The first kappa shape index (κ1) is 7.32. The lowest BCUT2D eigenvalue weighted by molar-refractivity contribution is 0.941. The van der Waals surface area contributed by atoms with Crippen LogP contribution in [0.5, 0.6) is 0 Å². The standard InChI is InChI=1S/C10H8N4/c1-2-4-8-7(3-1)5-9(12-8)10-6-11-14-13-10/h1-6,12H,(H,11,13,14). The molecule has 0 saturated carbocycles. The van der Waals surface area contributed by atoms with Crippen molar-refractivity contribution in [2.75, 3.05) is 0 Å². The molecule has 0 aliphatic heterocycles. The molecule has 14 heavy (non-hydrogen) atoms. The molecule has 4 heteroatoms. The Morgan fingerprint density at radius 2 is 2.07 bits per heavy atom. The smallest absolute Gasteiger partial charge is 0.128 e. The van der Waals surface area contributed by atoms with E-state index in [1.165, 1.54) is 5.39 Å². The van der Waals surface area contributed by atoms with Crippen molar-refractivity contribution in [1.82, 2.24) is 20.4 Å². The lowest BCUT2D eigenvalue weighted by atomic mass is 10.2. The third kappa shape index (κ3) is 1.01. The Balaban J connectivity index is 2.24. The van der Waals surface area contributed by atoms with Crippen molar-refractivity contribution >= 4 is 10.9 Å². The summed E-state index contributed by atoms with van der Waals surface area (Å²) >= 11 is 0. The summed E-state index contributed by atoms with van der Waals surface area (Å²) < 4.78 is 0. The molecule has 0 radical (unpaired) electrons. The van der Waals surface area contributed by atoms with Crippen LogP contribution in [0.3, 0.4) is 0 Å². The Bertz CT molecular complexity index is 517. The molecule has 1 aromatic carbocycles. The number of aromatic amines is 2. The highest BCUT2D eigenvalue weighted by molar-refractivity contribution is 5.84. The normalized spacial score (nSPS) is 10.9. The Kier molecular flexibility index (Phi) is 1.41. The van der Waals surface area contributed by atoms with Crippen molar-refractivity contribution in [1.29, 1.82) is 0 Å². The second-order valence-electron chi connectivity index (χ2n) is 3.13. The van der Waals surface area contributed by atoms with Gasteiger partial charge in [0, 0.05) is 10.9 Å². The fourth-order valence-corrected chi connectivity index (χ4v) is 1.54. The molecule has 4 nitrogen and oxygen atoms in total. The third-order valence-corrected chi connectivity index (χ3v) is 2.22. The van der Waals surface area contributed by atoms with Gasteiger partial charge in [0.2, 0.25) is 0 Å². The van der Waals surface area contributed by atoms with Crippen LogP contribution in [-0.4, -0.2) is 20.4 Å². The van der Waals surface area contributed by atoms with Crippen LogP contribution in [0.2, 0.25) is 0 Å². The highest BCUT2D eigenvalue weighted by Crippen LogP contribution is 2.21. The molecule has 2 heterocycles. The molecule has 0 bridgehead atoms. The van der Waals surface area contributed by atoms with Crippen LogP contribution in [-0.2, 0) is 0 Å². The van der Waals surface area contributed by atoms with Crippen LogP contribution in [0.4, 0.5) is 0 Å². The molecule has 0 aliphatic carbocycles. The van der Waals surface area contributed by atoms with Gasteiger partial charge in [-0.2, -0.15) is 0 Å². The molecule has 0 amide bonds. The van der Waals surface area contributed by atoms with Gasteiger partial charge in [-0.25, -0.2) is 0 Å². The lowest BCUT2D eigenvalue weighted by Gasteiger charge is -1.86. The minimum atomic E-state index is 0.834. The van der Waals surface area contributed by atoms with Gasteiger partial charge in [-0.05, 0) is 12.1 Å². The van der Waals surface area contributed by atoms with Gasteiger partial charge in [0.05, 0.1) is 11.9 Å². The molecule has 3 aromatic rings. The van der Waals surface area contributed by atoms with E-state index in [2.05, 4.69) is 32.5 Å². The molecule has 3 rings (SSSR count). The zero-order chi connectivity index (χ0) is 9.38. The summed E-state index contributed by atoms with van der Waals surface area (Å²) in [7, 11) is 0. The first-order chi connectivity index (χ1) is 6.93. The predicted molar refractivity (Wildman–Crippen MR) is 53.7 cm³/mol. The van der Waals surface area contributed by atoms with E-state index >= 15 is 0 Å². The molecular weight excluding hydrogens is 176 g/mol. The number of aromatic nitrogens is 4. The number of rotatable bonds is 1. The quantitative estimate of drug-likeness (QED) is 0.607. The van der Waals surface area contributed by atoms with E-state index in [0.717, 1.165) is 16.9 Å². The zero-order valence-corrected chi connectivity index (χ0v) is 7.36. The van der Waals surface area contributed by atoms with Crippen LogP contribution >= 0.6 is 0 Å². The summed E-state index contributed by atoms with van der Waals surface area (Å²) in [6, 6.07) is 10.2. The number of para-hydroxylation sites is 1. The van der Waals surface area contributed by atoms with Crippen LogP contribution < -0.4 is 0 Å². The Labute approximate surface area is 80.0 Å². The van der Waals surface area contributed by atoms with E-state index in [1.54, 1.807) is 6.20 Å². The van der Waals surface area contributed by atoms with Crippen molar-refractivity contribution in [2.45, 2.75) is 0 Å². The van der Waals surface area contributed by atoms with E-state index in [1.807, 2.05) is 18.2 Å². The van der Waals surface area contributed by atoms with Crippen LogP contribution in [0, 0.1) is 0 Å². The average molecular weight is 184 g/mol. The summed E-state index contributed by atoms with van der Waals surface area (Å²) in [6.07, 6.45) is 1.77. The first-order valence-electron chi connectivity index (χ1n) is 4.38. The molecular formula is C10H8N4. The van der Waals surface area contributed by atoms with Crippen LogP contribution in [0.25, 0.3) is 22.3 Å². The van der Waals surface area contributed by atoms with Crippen molar-refractivity contribution in [3.8, 4) is 11.4 Å². The summed E-state index contributed by atoms with van der Waals surface area (Å²) in [6.45, 7) is 0. The van der Waals surface area contributed by atoms with Gasteiger partial charge in [0.1, 0.15) is 5.69 Å². The SMILES string of the molecule is c1ccc2[nH]c(-c3c[nH]nn3)cc2c1. The van der Waals surface area contributed by atoms with E-state index in [4.69, 9.17) is 0 Å². The maximum atomic E-state index is 3.94. The third-order valence-electron chi connectivity index (χ3n) is 2.22. The molecule has 0 unspecified atom stereocenters. The van der Waals surface area contributed by atoms with E-state index in [-0.39, 0.29) is 0 Å². The largest absolute Gasteiger partial charge is 0.353 e. The maximum absolute atomic E-state index is 3.94. The average Bonchev–Trinajstić information content (AvgIpc) is 2.86. The first-order valence-corrected chi connectivity index (χ1v) is 4.38. The molecule has 0 fully saturated rings. The fraction of sp³-hybridized carbons (Fsp3) is 0. The van der Waals surface area contributed by atoms with Crippen molar-refractivity contribution in [3.05, 3.63) is 36.5 Å². The molecule has 68 valence electrons. The summed E-state index contributed by atoms with van der Waals surface area (Å²) in [5, 5.41) is 11.5. The minimum absolute atomic E-state index is 0.834. The van der Waals surface area contributed by atoms with Crippen molar-refractivity contribution in [3.63, 3.8) is 0 Å². The Morgan fingerprint density at radius 3 is 2.86 bits per heavy atom. The number of nitrogens with one attached hydrogen (secondary N) is 2. The van der Waals surface area contributed by atoms with Crippen LogP contribution in [0.15, 0.2) is 36.5 Å². The van der Waals surface area contributed by atoms with Gasteiger partial charge in [0.15, 0.2) is 0 Å². The number of fused-ring (bicyclic) bond motifs is 1. The maximum Gasteiger partial charge on any atom is 0.128 e. The van der Waals surface area contributed by atoms with E-state index < -0.39 is 0 Å². The van der Waals surface area contributed by atoms with Crippen LogP contribution in [0.1, 0.15) is 0 Å². The molecule has 0 atom stereocenters. The van der Waals surface area contributed by atoms with Gasteiger partial charge in [-0.1, -0.05) is 23.4 Å². The van der Waals surface area contributed by atoms with Gasteiger partial charge in [-0.15, -0.1) is 5.10 Å². The topological polar surface area (TPSA) is 57.4 Å². The fourth-order valence-electron chi connectivity index (χ4n) is 1.54. The second kappa shape index (κ2) is 2.70. The Hall–Kier alpha value is -2.10. The number of hydrogen-bond donors (Lipinski definition) is 2. The second-order valence-corrected chi connectivity index (χ2v) is 3.13. The summed E-state index contributed by atoms with van der Waals surface area (Å²) in [5.74, 6) is 0. The van der Waals surface area contributed by atoms with Gasteiger partial charge >= 0.3 is 0 Å². The summed E-state index contributed by atoms with van der Waals surface area (Å²) in [5.41, 5.74) is 2.94. The monoisotopic (exact) mass is 184 g/mol. The van der Waals surface area contributed by atoms with Gasteiger partial charge in [0.25, 0.3) is 0 Å². The summed E-state index contributed by atoms with van der Waals surface area (Å²) in [4.78, 5) is 3.28. The molecule has 0 aliphatic rings. The molecule has 2 N–H and O–H groups in total. The van der Waals surface area contributed by atoms with Crippen molar-refractivity contribution in [2.24, 2.45) is 0 Å². The lowest BCUT2D eigenvalue weighted by Crippen LogP contribution is -1.75. The molecule has 0 saturated heterocycles. The van der Waals surface area contributed by atoms with E-state index in [9.17, 15) is 0 Å².